The molecule has 0 fully saturated rings. The van der Waals surface area contributed by atoms with Gasteiger partial charge in [0, 0.05) is 0 Å². The zero-order valence-electron chi connectivity index (χ0n) is 7.71. The summed E-state index contributed by atoms with van der Waals surface area (Å²) < 4.78 is 0. The Morgan fingerprint density at radius 1 is 1.36 bits per heavy atom. The predicted octanol–water partition coefficient (Wildman–Crippen LogP) is 0.715. The Balaban J connectivity index is 2.42. The third-order valence-corrected chi connectivity index (χ3v) is 1.60. The molecule has 0 aromatic heterocycles. The van der Waals surface area contributed by atoms with Crippen LogP contribution in [0.25, 0.3) is 0 Å². The zero-order valence-corrected chi connectivity index (χ0v) is 7.71. The van der Waals surface area contributed by atoms with E-state index >= 15 is 0 Å². The molecule has 2 N–H and O–H groups in total. The summed E-state index contributed by atoms with van der Waals surface area (Å²) in [5, 5.41) is 21.4. The first-order valence-corrected chi connectivity index (χ1v) is 4.34. The van der Waals surface area contributed by atoms with Crippen molar-refractivity contribution in [2.24, 2.45) is 5.16 Å². The van der Waals surface area contributed by atoms with Crippen LogP contribution in [0.15, 0.2) is 35.5 Å². The highest BCUT2D eigenvalue weighted by Crippen LogP contribution is 2.08. The van der Waals surface area contributed by atoms with Crippen molar-refractivity contribution >= 4 is 6.21 Å². The lowest BCUT2D eigenvalue weighted by Gasteiger charge is -2.03. The normalized spacial score (nSPS) is 13.0. The molecule has 1 aromatic carbocycles. The minimum absolute atomic E-state index is 0.0846. The lowest BCUT2D eigenvalue weighted by atomic mass is 10.1. The minimum Gasteiger partial charge on any atom is -0.394 e. The lowest BCUT2D eigenvalue weighted by molar-refractivity contribution is 0.0968. The van der Waals surface area contributed by atoms with Crippen molar-refractivity contribution in [1.29, 1.82) is 0 Å². The average Bonchev–Trinajstić information content (AvgIpc) is 2.25. The molecule has 0 saturated heterocycles. The number of hydrogen-bond donors (Lipinski definition) is 2. The molecule has 1 atom stereocenters. The van der Waals surface area contributed by atoms with Gasteiger partial charge >= 0.3 is 0 Å². The van der Waals surface area contributed by atoms with Crippen LogP contribution in [0.3, 0.4) is 0 Å². The Morgan fingerprint density at radius 3 is 2.71 bits per heavy atom. The topological polar surface area (TPSA) is 62.0 Å². The van der Waals surface area contributed by atoms with Crippen molar-refractivity contribution in [3.05, 3.63) is 35.9 Å². The van der Waals surface area contributed by atoms with Gasteiger partial charge in [-0.1, -0.05) is 35.5 Å². The largest absolute Gasteiger partial charge is 0.394 e. The van der Waals surface area contributed by atoms with Gasteiger partial charge in [-0.15, -0.1) is 0 Å². The molecule has 0 spiro atoms. The molecular weight excluding hydrogens is 182 g/mol. The molecule has 4 nitrogen and oxygen atoms in total. The lowest BCUT2D eigenvalue weighted by Crippen LogP contribution is -2.00. The molecule has 1 unspecified atom stereocenters. The van der Waals surface area contributed by atoms with E-state index in [0.717, 1.165) is 5.56 Å². The van der Waals surface area contributed by atoms with Crippen molar-refractivity contribution in [2.75, 3.05) is 13.2 Å². The van der Waals surface area contributed by atoms with Gasteiger partial charge in [-0.25, -0.2) is 0 Å². The van der Waals surface area contributed by atoms with Gasteiger partial charge in [0.1, 0.15) is 12.7 Å². The van der Waals surface area contributed by atoms with E-state index in [1.807, 2.05) is 18.2 Å². The molecular formula is C10H13NO3. The number of benzene rings is 1. The first-order chi connectivity index (χ1) is 6.84. The molecule has 0 amide bonds. The summed E-state index contributed by atoms with van der Waals surface area (Å²) in [6.45, 7) is 0.0524. The standard InChI is InChI=1S/C10H13NO3/c12-6-7-14-11-8-10(13)9-4-2-1-3-5-9/h1-5,8,10,12-13H,6-7H2/b11-8+. The second-order valence-corrected chi connectivity index (χ2v) is 2.67. The fraction of sp³-hybridized carbons (Fsp3) is 0.300. The third kappa shape index (κ3) is 3.55. The average molecular weight is 195 g/mol. The fourth-order valence-electron chi connectivity index (χ4n) is 0.930. The van der Waals surface area contributed by atoms with Crippen LogP contribution in [-0.2, 0) is 4.84 Å². The second-order valence-electron chi connectivity index (χ2n) is 2.67. The maximum absolute atomic E-state index is 9.53. The summed E-state index contributed by atoms with van der Waals surface area (Å²) in [4.78, 5) is 4.63. The Morgan fingerprint density at radius 2 is 2.07 bits per heavy atom. The SMILES string of the molecule is OCCO/N=C/C(O)c1ccccc1. The van der Waals surface area contributed by atoms with E-state index in [1.54, 1.807) is 12.1 Å². The summed E-state index contributed by atoms with van der Waals surface area (Å²) in [5.41, 5.74) is 0.754. The highest BCUT2D eigenvalue weighted by Gasteiger charge is 2.01. The molecule has 0 radical (unpaired) electrons. The molecule has 0 bridgehead atoms. The van der Waals surface area contributed by atoms with E-state index in [2.05, 4.69) is 9.99 Å². The van der Waals surface area contributed by atoms with Gasteiger partial charge in [0.2, 0.25) is 0 Å². The van der Waals surface area contributed by atoms with Gasteiger partial charge in [0.15, 0.2) is 0 Å². The Kier molecular flexibility index (Phi) is 4.68. The van der Waals surface area contributed by atoms with Gasteiger partial charge in [0.05, 0.1) is 12.8 Å². The Hall–Kier alpha value is -1.39. The zero-order chi connectivity index (χ0) is 10.2. The van der Waals surface area contributed by atoms with Crippen LogP contribution in [-0.4, -0.2) is 29.6 Å². The molecule has 0 aliphatic rings. The second kappa shape index (κ2) is 6.12. The van der Waals surface area contributed by atoms with Crippen molar-refractivity contribution < 1.29 is 15.1 Å². The van der Waals surface area contributed by atoms with Crippen LogP contribution < -0.4 is 0 Å². The minimum atomic E-state index is -0.769. The van der Waals surface area contributed by atoms with Gasteiger partial charge < -0.3 is 15.1 Å². The van der Waals surface area contributed by atoms with Crippen molar-refractivity contribution in [3.8, 4) is 0 Å². The molecule has 76 valence electrons. The number of oxime groups is 1. The number of rotatable bonds is 5. The molecule has 14 heavy (non-hydrogen) atoms. The predicted molar refractivity (Wildman–Crippen MR) is 52.9 cm³/mol. The maximum Gasteiger partial charge on any atom is 0.140 e. The molecule has 0 aliphatic carbocycles. The highest BCUT2D eigenvalue weighted by atomic mass is 16.6. The van der Waals surface area contributed by atoms with Crippen LogP contribution in [0.5, 0.6) is 0 Å². The van der Waals surface area contributed by atoms with E-state index in [1.165, 1.54) is 6.21 Å². The number of hydrogen-bond acceptors (Lipinski definition) is 4. The van der Waals surface area contributed by atoms with Crippen LogP contribution >= 0.6 is 0 Å². The van der Waals surface area contributed by atoms with Gasteiger partial charge in [-0.05, 0) is 5.56 Å². The first kappa shape index (κ1) is 10.7. The highest BCUT2D eigenvalue weighted by molar-refractivity contribution is 5.64. The van der Waals surface area contributed by atoms with Crippen molar-refractivity contribution in [3.63, 3.8) is 0 Å². The van der Waals surface area contributed by atoms with Gasteiger partial charge in [-0.3, -0.25) is 0 Å². The monoisotopic (exact) mass is 195 g/mol. The maximum atomic E-state index is 9.53. The van der Waals surface area contributed by atoms with E-state index < -0.39 is 6.10 Å². The summed E-state index contributed by atoms with van der Waals surface area (Å²) >= 11 is 0. The quantitative estimate of drug-likeness (QED) is 0.413. The summed E-state index contributed by atoms with van der Waals surface area (Å²) in [6, 6.07) is 9.13. The van der Waals surface area contributed by atoms with E-state index in [0.29, 0.717) is 0 Å². The molecule has 1 aromatic rings. The number of aliphatic hydroxyl groups excluding tert-OH is 2. The van der Waals surface area contributed by atoms with E-state index in [-0.39, 0.29) is 13.2 Å². The van der Waals surface area contributed by atoms with E-state index in [9.17, 15) is 5.11 Å². The smallest absolute Gasteiger partial charge is 0.140 e. The van der Waals surface area contributed by atoms with Crippen molar-refractivity contribution in [2.45, 2.75) is 6.10 Å². The van der Waals surface area contributed by atoms with E-state index in [4.69, 9.17) is 5.11 Å². The Labute approximate surface area is 82.4 Å². The number of aliphatic hydroxyl groups is 2. The summed E-state index contributed by atoms with van der Waals surface area (Å²) in [6.07, 6.45) is 0.514. The molecule has 0 saturated carbocycles. The van der Waals surface area contributed by atoms with Crippen LogP contribution in [0, 0.1) is 0 Å². The van der Waals surface area contributed by atoms with Crippen molar-refractivity contribution in [1.82, 2.24) is 0 Å². The molecule has 0 heterocycles. The number of nitrogens with zero attached hydrogens (tertiary/aromatic N) is 1. The molecule has 1 rings (SSSR count). The summed E-state index contributed by atoms with van der Waals surface area (Å²) in [5.74, 6) is 0. The molecule has 4 heteroatoms. The van der Waals surface area contributed by atoms with Crippen LogP contribution in [0.4, 0.5) is 0 Å². The fourth-order valence-corrected chi connectivity index (χ4v) is 0.930. The third-order valence-electron chi connectivity index (χ3n) is 1.60. The van der Waals surface area contributed by atoms with Crippen LogP contribution in [0.2, 0.25) is 0 Å². The molecule has 0 aliphatic heterocycles. The summed E-state index contributed by atoms with van der Waals surface area (Å²) in [7, 11) is 0. The van der Waals surface area contributed by atoms with Gasteiger partial charge in [0.25, 0.3) is 0 Å². The Bertz CT molecular complexity index is 274. The van der Waals surface area contributed by atoms with Gasteiger partial charge in [-0.2, -0.15) is 0 Å². The first-order valence-electron chi connectivity index (χ1n) is 4.34. The van der Waals surface area contributed by atoms with Crippen LogP contribution in [0.1, 0.15) is 11.7 Å².